The molecule has 1 aliphatic rings. The summed E-state index contributed by atoms with van der Waals surface area (Å²) in [7, 11) is 0. The lowest BCUT2D eigenvalue weighted by atomic mass is 9.97. The Morgan fingerprint density at radius 1 is 1.21 bits per heavy atom. The first-order chi connectivity index (χ1) is 14.0. The van der Waals surface area contributed by atoms with E-state index in [0.29, 0.717) is 48.2 Å². The van der Waals surface area contributed by atoms with E-state index in [2.05, 4.69) is 15.0 Å². The van der Waals surface area contributed by atoms with Gasteiger partial charge in [-0.05, 0) is 30.7 Å². The van der Waals surface area contributed by atoms with Crippen molar-refractivity contribution in [3.05, 3.63) is 82.2 Å². The van der Waals surface area contributed by atoms with Crippen LogP contribution in [0.4, 0.5) is 4.39 Å². The second kappa shape index (κ2) is 8.31. The number of pyridine rings is 1. The molecular formula is C21H20ClFN4O2. The fourth-order valence-corrected chi connectivity index (χ4v) is 3.82. The number of amides is 1. The second-order valence-corrected chi connectivity index (χ2v) is 7.44. The molecule has 0 saturated carbocycles. The number of aryl methyl sites for hydroxylation is 1. The van der Waals surface area contributed by atoms with Crippen molar-refractivity contribution in [3.63, 3.8) is 0 Å². The highest BCUT2D eigenvalue weighted by molar-refractivity contribution is 6.30. The van der Waals surface area contributed by atoms with E-state index in [0.717, 1.165) is 5.56 Å². The monoisotopic (exact) mass is 414 g/mol. The molecule has 1 fully saturated rings. The fraction of sp³-hybridized carbons (Fsp3) is 0.286. The maximum Gasteiger partial charge on any atom is 0.276 e. The Labute approximate surface area is 172 Å². The van der Waals surface area contributed by atoms with Crippen molar-refractivity contribution in [3.8, 4) is 0 Å². The highest BCUT2D eigenvalue weighted by Crippen LogP contribution is 2.32. The lowest BCUT2D eigenvalue weighted by Gasteiger charge is -2.39. The van der Waals surface area contributed by atoms with Gasteiger partial charge in [0.2, 0.25) is 0 Å². The lowest BCUT2D eigenvalue weighted by Crippen LogP contribution is -2.50. The normalized spacial score (nSPS) is 16.0. The van der Waals surface area contributed by atoms with E-state index in [1.807, 2.05) is 12.1 Å². The summed E-state index contributed by atoms with van der Waals surface area (Å²) < 4.78 is 19.8. The van der Waals surface area contributed by atoms with E-state index in [1.165, 1.54) is 6.07 Å². The first kappa shape index (κ1) is 19.5. The number of carbonyl (C=O) groups is 1. The molecule has 150 valence electrons. The molecule has 0 aliphatic carbocycles. The van der Waals surface area contributed by atoms with Gasteiger partial charge in [0.1, 0.15) is 11.6 Å². The molecule has 6 nitrogen and oxygen atoms in total. The largest absolute Gasteiger partial charge is 0.361 e. The number of benzene rings is 1. The van der Waals surface area contributed by atoms with E-state index in [-0.39, 0.29) is 17.8 Å². The van der Waals surface area contributed by atoms with Crippen LogP contribution < -0.4 is 0 Å². The molecule has 0 radical (unpaired) electrons. The number of aromatic nitrogens is 2. The van der Waals surface area contributed by atoms with Crippen LogP contribution in [-0.4, -0.2) is 52.0 Å². The van der Waals surface area contributed by atoms with Gasteiger partial charge in [-0.2, -0.15) is 0 Å². The molecule has 1 atom stereocenters. The van der Waals surface area contributed by atoms with Gasteiger partial charge in [-0.1, -0.05) is 28.9 Å². The van der Waals surface area contributed by atoms with Crippen molar-refractivity contribution >= 4 is 17.5 Å². The standard InChI is InChI=1S/C21H20ClFN4O2/c1-14-11-19(25-29-14)21(28)27-9-7-26(8-10-27)20(15-3-2-6-24-13-15)17-5-4-16(22)12-18(17)23/h2-6,11-13,20H,7-10H2,1H3. The van der Waals surface area contributed by atoms with Gasteiger partial charge >= 0.3 is 0 Å². The topological polar surface area (TPSA) is 62.5 Å². The van der Waals surface area contributed by atoms with Gasteiger partial charge in [0.25, 0.3) is 5.91 Å². The zero-order valence-corrected chi connectivity index (χ0v) is 16.6. The lowest BCUT2D eigenvalue weighted by molar-refractivity contribution is 0.0585. The van der Waals surface area contributed by atoms with Crippen LogP contribution in [0.2, 0.25) is 5.02 Å². The van der Waals surface area contributed by atoms with E-state index in [4.69, 9.17) is 16.1 Å². The summed E-state index contributed by atoms with van der Waals surface area (Å²) in [6.07, 6.45) is 3.43. The molecule has 1 aromatic carbocycles. The third kappa shape index (κ3) is 4.16. The maximum atomic E-state index is 14.8. The highest BCUT2D eigenvalue weighted by atomic mass is 35.5. The maximum absolute atomic E-state index is 14.8. The van der Waals surface area contributed by atoms with Crippen LogP contribution in [0.25, 0.3) is 0 Å². The fourth-order valence-electron chi connectivity index (χ4n) is 3.66. The number of hydrogen-bond donors (Lipinski definition) is 0. The van der Waals surface area contributed by atoms with E-state index in [1.54, 1.807) is 42.4 Å². The summed E-state index contributed by atoms with van der Waals surface area (Å²) in [5, 5.41) is 4.17. The average molecular weight is 415 g/mol. The van der Waals surface area contributed by atoms with Crippen LogP contribution in [0.15, 0.2) is 53.3 Å². The molecule has 1 saturated heterocycles. The van der Waals surface area contributed by atoms with Gasteiger partial charge in [-0.15, -0.1) is 0 Å². The minimum Gasteiger partial charge on any atom is -0.361 e. The molecule has 3 heterocycles. The van der Waals surface area contributed by atoms with Crippen molar-refractivity contribution < 1.29 is 13.7 Å². The Bertz CT molecular complexity index is 1000. The summed E-state index contributed by atoms with van der Waals surface area (Å²) in [4.78, 5) is 20.7. The number of rotatable bonds is 4. The van der Waals surface area contributed by atoms with Crippen LogP contribution in [-0.2, 0) is 0 Å². The van der Waals surface area contributed by atoms with Gasteiger partial charge in [-0.25, -0.2) is 4.39 Å². The molecule has 2 aromatic heterocycles. The van der Waals surface area contributed by atoms with Crippen molar-refractivity contribution in [2.24, 2.45) is 0 Å². The predicted molar refractivity (Wildman–Crippen MR) is 106 cm³/mol. The number of carbonyl (C=O) groups excluding carboxylic acids is 1. The number of piperazine rings is 1. The third-order valence-electron chi connectivity index (χ3n) is 5.07. The Kier molecular flexibility index (Phi) is 5.60. The highest BCUT2D eigenvalue weighted by Gasteiger charge is 2.31. The van der Waals surface area contributed by atoms with Gasteiger partial charge in [0, 0.05) is 55.2 Å². The van der Waals surface area contributed by atoms with Gasteiger partial charge in [0.15, 0.2) is 5.69 Å². The molecule has 1 unspecified atom stereocenters. The summed E-state index contributed by atoms with van der Waals surface area (Å²) in [5.41, 5.74) is 1.73. The first-order valence-corrected chi connectivity index (χ1v) is 9.72. The molecule has 3 aromatic rings. The minimum atomic E-state index is -0.358. The van der Waals surface area contributed by atoms with E-state index >= 15 is 0 Å². The molecule has 1 amide bonds. The molecule has 0 bridgehead atoms. The van der Waals surface area contributed by atoms with Crippen LogP contribution in [0.3, 0.4) is 0 Å². The molecule has 8 heteroatoms. The summed E-state index contributed by atoms with van der Waals surface area (Å²) >= 11 is 5.94. The molecule has 4 rings (SSSR count). The van der Waals surface area contributed by atoms with Gasteiger partial charge < -0.3 is 9.42 Å². The molecule has 0 N–H and O–H groups in total. The predicted octanol–water partition coefficient (Wildman–Crippen LogP) is 3.72. The molecule has 0 spiro atoms. The van der Waals surface area contributed by atoms with Crippen LogP contribution >= 0.6 is 11.6 Å². The second-order valence-electron chi connectivity index (χ2n) is 7.01. The zero-order chi connectivity index (χ0) is 20.4. The number of halogens is 2. The summed E-state index contributed by atoms with van der Waals surface area (Å²) in [6.45, 7) is 3.95. The quantitative estimate of drug-likeness (QED) is 0.651. The Hall–Kier alpha value is -2.77. The summed E-state index contributed by atoms with van der Waals surface area (Å²) in [6, 6.07) is 9.82. The summed E-state index contributed by atoms with van der Waals surface area (Å²) in [5.74, 6) is 0.0851. The van der Waals surface area contributed by atoms with Crippen LogP contribution in [0.1, 0.15) is 33.4 Å². The van der Waals surface area contributed by atoms with Crippen LogP contribution in [0.5, 0.6) is 0 Å². The molecule has 29 heavy (non-hydrogen) atoms. The smallest absolute Gasteiger partial charge is 0.276 e. The number of hydrogen-bond acceptors (Lipinski definition) is 5. The molecular weight excluding hydrogens is 395 g/mol. The van der Waals surface area contributed by atoms with Crippen molar-refractivity contribution in [2.45, 2.75) is 13.0 Å². The Morgan fingerprint density at radius 2 is 2.00 bits per heavy atom. The number of nitrogens with zero attached hydrogens (tertiary/aromatic N) is 4. The van der Waals surface area contributed by atoms with Gasteiger partial charge in [-0.3, -0.25) is 14.7 Å². The minimum absolute atomic E-state index is 0.155. The zero-order valence-electron chi connectivity index (χ0n) is 15.9. The van der Waals surface area contributed by atoms with Crippen molar-refractivity contribution in [1.82, 2.24) is 19.9 Å². The van der Waals surface area contributed by atoms with E-state index in [9.17, 15) is 9.18 Å². The van der Waals surface area contributed by atoms with Crippen molar-refractivity contribution in [2.75, 3.05) is 26.2 Å². The SMILES string of the molecule is Cc1cc(C(=O)N2CCN(C(c3cccnc3)c3ccc(Cl)cc3F)CC2)no1. The van der Waals surface area contributed by atoms with Crippen molar-refractivity contribution in [1.29, 1.82) is 0 Å². The third-order valence-corrected chi connectivity index (χ3v) is 5.31. The average Bonchev–Trinajstić information content (AvgIpc) is 3.17. The van der Waals surface area contributed by atoms with Crippen LogP contribution in [0, 0.1) is 12.7 Å². The first-order valence-electron chi connectivity index (χ1n) is 9.34. The van der Waals surface area contributed by atoms with E-state index < -0.39 is 0 Å². The Balaban J connectivity index is 1.56. The Morgan fingerprint density at radius 3 is 2.62 bits per heavy atom. The van der Waals surface area contributed by atoms with Gasteiger partial charge in [0.05, 0.1) is 6.04 Å². The molecule has 1 aliphatic heterocycles.